The van der Waals surface area contributed by atoms with E-state index in [4.69, 9.17) is 4.99 Å². The Morgan fingerprint density at radius 3 is 2.09 bits per heavy atom. The molecule has 3 aliphatic heterocycles. The van der Waals surface area contributed by atoms with E-state index in [1.165, 1.54) is 0 Å². The normalized spacial score (nSPS) is 21.3. The Labute approximate surface area is 252 Å². The molecule has 0 unspecified atom stereocenters. The van der Waals surface area contributed by atoms with Gasteiger partial charge >= 0.3 is 11.9 Å². The number of nitrogens with zero attached hydrogens (tertiary/aromatic N) is 1. The quantitative estimate of drug-likeness (QED) is 0.224. The zero-order chi connectivity index (χ0) is 31.6. The Morgan fingerprint density at radius 2 is 1.49 bits per heavy atom. The number of H-pyrrole nitrogens is 1. The molecule has 4 rings (SSSR count). The molecule has 230 valence electrons. The molecule has 0 aromatic carbocycles. The largest absolute Gasteiger partial charge is 0.481 e. The van der Waals surface area contributed by atoms with Gasteiger partial charge in [0.25, 0.3) is 0 Å². The highest BCUT2D eigenvalue weighted by atomic mass is 16.4. The van der Waals surface area contributed by atoms with Crippen LogP contribution in [0.4, 0.5) is 0 Å². The molecular weight excluding hydrogens is 548 g/mol. The first kappa shape index (κ1) is 31.7. The number of aliphatic carboxylic acids is 2. The third-order valence-electron chi connectivity index (χ3n) is 9.09. The second kappa shape index (κ2) is 13.0. The average molecular weight is 591 g/mol. The van der Waals surface area contributed by atoms with Gasteiger partial charge in [0.05, 0.1) is 17.8 Å². The number of aliphatic imine (C=N–C) groups is 1. The number of carbonyl (C=O) groups excluding carboxylic acids is 2. The van der Waals surface area contributed by atoms with E-state index < -0.39 is 11.9 Å². The van der Waals surface area contributed by atoms with E-state index in [0.29, 0.717) is 37.8 Å². The summed E-state index contributed by atoms with van der Waals surface area (Å²) in [5.74, 6) is -1.93. The van der Waals surface area contributed by atoms with Gasteiger partial charge in [-0.2, -0.15) is 0 Å². The van der Waals surface area contributed by atoms with Gasteiger partial charge in [-0.3, -0.25) is 24.2 Å². The van der Waals surface area contributed by atoms with Crippen LogP contribution in [0.5, 0.6) is 0 Å². The maximum Gasteiger partial charge on any atom is 0.303 e. The smallest absolute Gasteiger partial charge is 0.303 e. The van der Waals surface area contributed by atoms with Crippen LogP contribution in [-0.4, -0.2) is 56.7 Å². The molecule has 0 aliphatic carbocycles. The van der Waals surface area contributed by atoms with Crippen LogP contribution in [0, 0.1) is 6.92 Å². The highest BCUT2D eigenvalue weighted by Gasteiger charge is 2.32. The Balaban J connectivity index is 1.74. The number of carbonyl (C=O) groups is 4. The molecule has 10 heteroatoms. The van der Waals surface area contributed by atoms with Crippen LogP contribution in [0.15, 0.2) is 44.1 Å². The van der Waals surface area contributed by atoms with Crippen molar-refractivity contribution in [2.75, 3.05) is 0 Å². The van der Waals surface area contributed by atoms with E-state index in [2.05, 4.69) is 15.6 Å². The van der Waals surface area contributed by atoms with Gasteiger partial charge in [-0.15, -0.1) is 0 Å². The van der Waals surface area contributed by atoms with Gasteiger partial charge in [0.2, 0.25) is 11.8 Å². The molecule has 0 fully saturated rings. The molecule has 0 spiro atoms. The van der Waals surface area contributed by atoms with Gasteiger partial charge in [0.15, 0.2) is 0 Å². The Kier molecular flexibility index (Phi) is 9.57. The molecule has 1 aromatic rings. The van der Waals surface area contributed by atoms with Crippen LogP contribution in [0.1, 0.15) is 95.7 Å². The maximum atomic E-state index is 12.4. The molecule has 10 nitrogen and oxygen atoms in total. The number of aromatic amines is 1. The summed E-state index contributed by atoms with van der Waals surface area (Å²) in [5.41, 5.74) is 10.2. The van der Waals surface area contributed by atoms with Crippen molar-refractivity contribution in [3.63, 3.8) is 0 Å². The maximum absolute atomic E-state index is 12.4. The summed E-state index contributed by atoms with van der Waals surface area (Å²) in [6.07, 6.45) is 4.84. The Morgan fingerprint density at radius 1 is 0.837 bits per heavy atom. The topological polar surface area (TPSA) is 161 Å². The predicted molar refractivity (Wildman–Crippen MR) is 165 cm³/mol. The lowest BCUT2D eigenvalue weighted by Crippen LogP contribution is -2.31. The number of carboxylic acid groups (broad SMARTS) is 2. The van der Waals surface area contributed by atoms with Crippen LogP contribution in [0.25, 0.3) is 6.08 Å². The number of nitrogens with one attached hydrogen (secondary N) is 3. The number of hydrogen-bond donors (Lipinski definition) is 5. The van der Waals surface area contributed by atoms with Gasteiger partial charge < -0.3 is 25.8 Å². The number of allylic oxidation sites excluding steroid dienone is 2. The molecule has 0 bridgehead atoms. The lowest BCUT2D eigenvalue weighted by atomic mass is 9.95. The van der Waals surface area contributed by atoms with Crippen LogP contribution in [0.3, 0.4) is 0 Å². The average Bonchev–Trinajstić information content (AvgIpc) is 3.59. The zero-order valence-electron chi connectivity index (χ0n) is 25.9. The summed E-state index contributed by atoms with van der Waals surface area (Å²) in [5, 5.41) is 25.0. The van der Waals surface area contributed by atoms with E-state index in [9.17, 15) is 29.4 Å². The second-order valence-electron chi connectivity index (χ2n) is 11.6. The third-order valence-corrected chi connectivity index (χ3v) is 9.09. The molecule has 43 heavy (non-hydrogen) atoms. The molecule has 4 heterocycles. The molecule has 5 N–H and O–H groups in total. The molecule has 3 aliphatic rings. The van der Waals surface area contributed by atoms with Crippen molar-refractivity contribution in [1.82, 2.24) is 15.6 Å². The molecular formula is C33H42N4O6. The van der Waals surface area contributed by atoms with Crippen LogP contribution in [0.2, 0.25) is 0 Å². The van der Waals surface area contributed by atoms with Crippen LogP contribution < -0.4 is 10.6 Å². The van der Waals surface area contributed by atoms with Crippen molar-refractivity contribution in [3.05, 3.63) is 61.7 Å². The predicted octanol–water partition coefficient (Wildman–Crippen LogP) is 4.70. The summed E-state index contributed by atoms with van der Waals surface area (Å²) < 4.78 is 0. The minimum absolute atomic E-state index is 0.0459. The van der Waals surface area contributed by atoms with Crippen molar-refractivity contribution in [3.8, 4) is 0 Å². The molecule has 0 saturated heterocycles. The monoisotopic (exact) mass is 590 g/mol. The molecule has 0 radical (unpaired) electrons. The first-order chi connectivity index (χ1) is 20.4. The minimum Gasteiger partial charge on any atom is -0.481 e. The Hall–Kier alpha value is -4.21. The summed E-state index contributed by atoms with van der Waals surface area (Å²) in [7, 11) is 0. The number of hydrogen-bond acceptors (Lipinski definition) is 5. The SMILES string of the molecule is CCC1=C(C)[C@H](CC2=N/C(=C/c3[nH]c(C[C@@H]4NC(=O)C(C)=C4CC)c(C)c3CCC(=O)O)C(CCC(=O)O)=C2C)NC1=O. The molecule has 1 aromatic heterocycles. The van der Waals surface area contributed by atoms with E-state index in [-0.39, 0.29) is 36.7 Å². The van der Waals surface area contributed by atoms with Gasteiger partial charge in [0, 0.05) is 53.9 Å². The van der Waals surface area contributed by atoms with Crippen LogP contribution >= 0.6 is 0 Å². The third kappa shape index (κ3) is 6.58. The highest BCUT2D eigenvalue weighted by molar-refractivity contribution is 6.07. The van der Waals surface area contributed by atoms with Crippen molar-refractivity contribution < 1.29 is 29.4 Å². The fraction of sp³-hybridized carbons (Fsp3) is 0.485. The van der Waals surface area contributed by atoms with Gasteiger partial charge in [-0.1, -0.05) is 13.8 Å². The zero-order valence-corrected chi connectivity index (χ0v) is 25.9. The summed E-state index contributed by atoms with van der Waals surface area (Å²) in [6.45, 7) is 11.7. The standard InChI is InChI=1S/C33H42N4O6/c1-7-20-19(6)32(42)37-27(20)14-25-18(5)23(10-12-31(40)41)29(35-25)15-28-22(9-11-30(38)39)17(4)24(34-28)13-26-16(3)21(8-2)33(43)36-26/h15,26-27,35H,7-14H2,1-6H3,(H,36,43)(H,37,42)(H,38,39)(H,40,41)/b28-15+/t26-,27-/m0/s1. The first-order valence-electron chi connectivity index (χ1n) is 15.0. The summed E-state index contributed by atoms with van der Waals surface area (Å²) in [4.78, 5) is 56.3. The van der Waals surface area contributed by atoms with Crippen molar-refractivity contribution >= 4 is 35.5 Å². The number of aromatic nitrogens is 1. The first-order valence-corrected chi connectivity index (χ1v) is 15.0. The van der Waals surface area contributed by atoms with Gasteiger partial charge in [0.1, 0.15) is 0 Å². The number of amides is 2. The minimum atomic E-state index is -0.906. The lowest BCUT2D eigenvalue weighted by Gasteiger charge is -2.14. The highest BCUT2D eigenvalue weighted by Crippen LogP contribution is 2.35. The number of rotatable bonds is 13. The van der Waals surface area contributed by atoms with Gasteiger partial charge in [-0.05, 0) is 92.9 Å². The van der Waals surface area contributed by atoms with E-state index in [1.54, 1.807) is 0 Å². The van der Waals surface area contributed by atoms with Crippen molar-refractivity contribution in [1.29, 1.82) is 0 Å². The summed E-state index contributed by atoms with van der Waals surface area (Å²) in [6, 6.07) is -0.314. The summed E-state index contributed by atoms with van der Waals surface area (Å²) >= 11 is 0. The van der Waals surface area contributed by atoms with E-state index in [0.717, 1.165) is 68.1 Å². The van der Waals surface area contributed by atoms with E-state index in [1.807, 2.05) is 47.6 Å². The fourth-order valence-corrected chi connectivity index (χ4v) is 6.49. The Bertz CT molecular complexity index is 1530. The second-order valence-corrected chi connectivity index (χ2v) is 11.6. The van der Waals surface area contributed by atoms with Crippen molar-refractivity contribution in [2.45, 2.75) is 105 Å². The lowest BCUT2D eigenvalue weighted by molar-refractivity contribution is -0.138. The molecule has 0 saturated carbocycles. The number of carboxylic acids is 2. The molecule has 2 amide bonds. The van der Waals surface area contributed by atoms with Crippen LogP contribution in [-0.2, 0) is 32.0 Å². The van der Waals surface area contributed by atoms with Gasteiger partial charge in [-0.25, -0.2) is 0 Å². The van der Waals surface area contributed by atoms with E-state index >= 15 is 0 Å². The fourth-order valence-electron chi connectivity index (χ4n) is 6.49. The van der Waals surface area contributed by atoms with Crippen molar-refractivity contribution in [2.24, 2.45) is 4.99 Å². The molecule has 2 atom stereocenters.